The number of hydrogen-bond donors (Lipinski definition) is 2. The zero-order valence-corrected chi connectivity index (χ0v) is 7.84. The molecule has 86 valence electrons. The van der Waals surface area contributed by atoms with E-state index in [-0.39, 0.29) is 5.69 Å². The Morgan fingerprint density at radius 2 is 2.25 bits per heavy atom. The van der Waals surface area contributed by atoms with Crippen LogP contribution in [0.3, 0.4) is 0 Å². The molecule has 8 heteroatoms. The molecule has 0 saturated heterocycles. The molecule has 1 aromatic carbocycles. The Balaban J connectivity index is 2.72. The minimum absolute atomic E-state index is 0.0343. The minimum Gasteiger partial charge on any atom is -0.479 e. The Morgan fingerprint density at radius 1 is 1.56 bits per heavy atom. The van der Waals surface area contributed by atoms with Gasteiger partial charge in [0, 0.05) is 6.07 Å². The molecule has 0 fully saturated rings. The molecule has 16 heavy (non-hydrogen) atoms. The van der Waals surface area contributed by atoms with Crippen molar-refractivity contribution in [3.8, 4) is 0 Å². The number of aliphatic carboxylic acids is 1. The van der Waals surface area contributed by atoms with Crippen molar-refractivity contribution in [1.29, 1.82) is 0 Å². The summed E-state index contributed by atoms with van der Waals surface area (Å²) in [5.74, 6) is -2.05. The summed E-state index contributed by atoms with van der Waals surface area (Å²) >= 11 is 0. The third kappa shape index (κ3) is 3.50. The number of benzene rings is 1. The van der Waals surface area contributed by atoms with Gasteiger partial charge >= 0.3 is 5.97 Å². The number of non-ortho nitro benzene ring substituents is 1. The van der Waals surface area contributed by atoms with Crippen LogP contribution >= 0.6 is 0 Å². The number of nitro groups is 1. The number of halogens is 1. The summed E-state index contributed by atoms with van der Waals surface area (Å²) in [5.41, 5.74) is 1.60. The molecular weight excluding hydrogens is 223 g/mol. The maximum atomic E-state index is 12.9. The number of nitrogens with one attached hydrogen (secondary N) is 1. The lowest BCUT2D eigenvalue weighted by atomic mass is 10.3. The molecule has 0 aliphatic carbocycles. The van der Waals surface area contributed by atoms with Crippen LogP contribution in [0.4, 0.5) is 15.8 Å². The molecule has 0 aliphatic heterocycles. The van der Waals surface area contributed by atoms with E-state index < -0.39 is 29.0 Å². The zero-order chi connectivity index (χ0) is 12.1. The van der Waals surface area contributed by atoms with Crippen molar-refractivity contribution in [2.75, 3.05) is 12.1 Å². The van der Waals surface area contributed by atoms with Crippen molar-refractivity contribution in [2.45, 2.75) is 0 Å². The first kappa shape index (κ1) is 11.9. The fraction of sp³-hybridized carbons (Fsp3) is 0.125. The van der Waals surface area contributed by atoms with Crippen molar-refractivity contribution in [3.63, 3.8) is 0 Å². The molecule has 0 spiro atoms. The second kappa shape index (κ2) is 5.03. The van der Waals surface area contributed by atoms with Gasteiger partial charge in [-0.3, -0.25) is 20.4 Å². The first-order valence-electron chi connectivity index (χ1n) is 4.03. The molecule has 0 aromatic heterocycles. The molecule has 1 rings (SSSR count). The molecule has 0 aliphatic rings. The summed E-state index contributed by atoms with van der Waals surface area (Å²) in [6, 6.07) is 2.70. The van der Waals surface area contributed by atoms with E-state index in [9.17, 15) is 19.3 Å². The first-order valence-corrected chi connectivity index (χ1v) is 4.03. The van der Waals surface area contributed by atoms with Crippen LogP contribution in [0.15, 0.2) is 18.2 Å². The van der Waals surface area contributed by atoms with Gasteiger partial charge < -0.3 is 5.11 Å². The van der Waals surface area contributed by atoms with Gasteiger partial charge in [0.15, 0.2) is 6.61 Å². The third-order valence-electron chi connectivity index (χ3n) is 1.48. The number of carboxylic acids is 1. The summed E-state index contributed by atoms with van der Waals surface area (Å²) in [4.78, 5) is 24.1. The van der Waals surface area contributed by atoms with Crippen LogP contribution < -0.4 is 5.48 Å². The molecule has 0 amide bonds. The van der Waals surface area contributed by atoms with E-state index in [0.29, 0.717) is 0 Å². The number of nitro benzene ring substituents is 1. The molecule has 2 N–H and O–H groups in total. The lowest BCUT2D eigenvalue weighted by Gasteiger charge is -2.04. The normalized spacial score (nSPS) is 9.81. The predicted molar refractivity (Wildman–Crippen MR) is 50.3 cm³/mol. The monoisotopic (exact) mass is 230 g/mol. The average molecular weight is 230 g/mol. The average Bonchev–Trinajstić information content (AvgIpc) is 2.16. The van der Waals surface area contributed by atoms with E-state index in [0.717, 1.165) is 18.2 Å². The lowest BCUT2D eigenvalue weighted by molar-refractivity contribution is -0.385. The van der Waals surface area contributed by atoms with Gasteiger partial charge in [-0.05, 0) is 6.07 Å². The standard InChI is InChI=1S/C8H7FN2O5/c9-5-1-6(10-16-4-8(12)13)3-7(2-5)11(14)15/h1-3,10H,4H2,(H,12,13). The molecule has 0 heterocycles. The number of anilines is 1. The van der Waals surface area contributed by atoms with Crippen LogP contribution in [0.5, 0.6) is 0 Å². The maximum Gasteiger partial charge on any atom is 0.332 e. The molecule has 0 saturated carbocycles. The molecule has 1 aromatic rings. The van der Waals surface area contributed by atoms with Gasteiger partial charge in [0.05, 0.1) is 16.7 Å². The van der Waals surface area contributed by atoms with Gasteiger partial charge in [-0.15, -0.1) is 0 Å². The Hall–Kier alpha value is -2.22. The van der Waals surface area contributed by atoms with E-state index in [4.69, 9.17) is 5.11 Å². The third-order valence-corrected chi connectivity index (χ3v) is 1.48. The van der Waals surface area contributed by atoms with Crippen molar-refractivity contribution in [1.82, 2.24) is 0 Å². The van der Waals surface area contributed by atoms with Gasteiger partial charge in [0.1, 0.15) is 5.82 Å². The number of carboxylic acid groups (broad SMARTS) is 1. The van der Waals surface area contributed by atoms with E-state index in [1.807, 2.05) is 0 Å². The number of carbonyl (C=O) groups is 1. The lowest BCUT2D eigenvalue weighted by Crippen LogP contribution is -2.11. The largest absolute Gasteiger partial charge is 0.479 e. The molecule has 0 unspecified atom stereocenters. The number of hydrogen-bond acceptors (Lipinski definition) is 5. The van der Waals surface area contributed by atoms with Gasteiger partial charge in [0.25, 0.3) is 5.69 Å². The van der Waals surface area contributed by atoms with E-state index in [1.165, 1.54) is 0 Å². The molecule has 0 radical (unpaired) electrons. The summed E-state index contributed by atoms with van der Waals surface area (Å²) in [7, 11) is 0. The van der Waals surface area contributed by atoms with Gasteiger partial charge in [-0.25, -0.2) is 9.18 Å². The van der Waals surface area contributed by atoms with Gasteiger partial charge in [-0.2, -0.15) is 0 Å². The fourth-order valence-electron chi connectivity index (χ4n) is 0.920. The SMILES string of the molecule is O=C(O)CONc1cc(F)cc([N+](=O)[O-])c1. The van der Waals surface area contributed by atoms with Crippen LogP contribution in [0.25, 0.3) is 0 Å². The first-order chi connectivity index (χ1) is 7.49. The maximum absolute atomic E-state index is 12.9. The predicted octanol–water partition coefficient (Wildman–Crippen LogP) is 1.16. The van der Waals surface area contributed by atoms with Crippen molar-refractivity contribution in [2.24, 2.45) is 0 Å². The van der Waals surface area contributed by atoms with Crippen LogP contribution in [-0.4, -0.2) is 22.6 Å². The Labute approximate surface area is 88.6 Å². The van der Waals surface area contributed by atoms with E-state index in [2.05, 4.69) is 10.3 Å². The van der Waals surface area contributed by atoms with Crippen LogP contribution in [0, 0.1) is 15.9 Å². The Kier molecular flexibility index (Phi) is 3.72. The zero-order valence-electron chi connectivity index (χ0n) is 7.84. The van der Waals surface area contributed by atoms with Crippen molar-refractivity contribution >= 4 is 17.3 Å². The van der Waals surface area contributed by atoms with Crippen molar-refractivity contribution in [3.05, 3.63) is 34.1 Å². The quantitative estimate of drug-likeness (QED) is 0.581. The summed E-state index contributed by atoms with van der Waals surface area (Å²) in [6.45, 7) is -0.649. The highest BCUT2D eigenvalue weighted by Gasteiger charge is 2.09. The van der Waals surface area contributed by atoms with Crippen molar-refractivity contribution < 1.29 is 24.1 Å². The molecule has 0 bridgehead atoms. The molecular formula is C8H7FN2O5. The van der Waals surface area contributed by atoms with E-state index >= 15 is 0 Å². The summed E-state index contributed by atoms with van der Waals surface area (Å²) in [6.07, 6.45) is 0. The second-order valence-corrected chi connectivity index (χ2v) is 2.74. The Morgan fingerprint density at radius 3 is 2.81 bits per heavy atom. The minimum atomic E-state index is -1.22. The Bertz CT molecular complexity index is 423. The number of nitrogens with zero attached hydrogens (tertiary/aromatic N) is 1. The van der Waals surface area contributed by atoms with Gasteiger partial charge in [-0.1, -0.05) is 0 Å². The van der Waals surface area contributed by atoms with Crippen LogP contribution in [0.1, 0.15) is 0 Å². The second-order valence-electron chi connectivity index (χ2n) is 2.74. The summed E-state index contributed by atoms with van der Waals surface area (Å²) < 4.78 is 12.9. The molecule has 7 nitrogen and oxygen atoms in total. The smallest absolute Gasteiger partial charge is 0.332 e. The van der Waals surface area contributed by atoms with Gasteiger partial charge in [0.2, 0.25) is 0 Å². The number of rotatable bonds is 5. The highest BCUT2D eigenvalue weighted by Crippen LogP contribution is 2.19. The fourth-order valence-corrected chi connectivity index (χ4v) is 0.920. The topological polar surface area (TPSA) is 102 Å². The highest BCUT2D eigenvalue weighted by molar-refractivity contribution is 5.68. The highest BCUT2D eigenvalue weighted by atomic mass is 19.1. The van der Waals surface area contributed by atoms with Crippen LogP contribution in [-0.2, 0) is 9.63 Å². The van der Waals surface area contributed by atoms with Crippen LogP contribution in [0.2, 0.25) is 0 Å². The van der Waals surface area contributed by atoms with E-state index in [1.54, 1.807) is 0 Å². The molecule has 0 atom stereocenters. The summed E-state index contributed by atoms with van der Waals surface area (Å²) in [5, 5.41) is 18.6.